The number of nitrogens with two attached hydrogens (primary N) is 1. The quantitative estimate of drug-likeness (QED) is 0.748. The molecular formula is C18H39N3. The summed E-state index contributed by atoms with van der Waals surface area (Å²) >= 11 is 0. The summed E-state index contributed by atoms with van der Waals surface area (Å²) in [5, 5.41) is 0. The van der Waals surface area contributed by atoms with Gasteiger partial charge in [-0.3, -0.25) is 0 Å². The summed E-state index contributed by atoms with van der Waals surface area (Å²) in [5.74, 6) is 3.10. The first-order valence-electron chi connectivity index (χ1n) is 8.92. The second-order valence-corrected chi connectivity index (χ2v) is 8.20. The summed E-state index contributed by atoms with van der Waals surface area (Å²) in [6, 6.07) is 0.411. The van der Waals surface area contributed by atoms with Crippen molar-refractivity contribution in [1.29, 1.82) is 0 Å². The van der Waals surface area contributed by atoms with Crippen molar-refractivity contribution in [3.8, 4) is 0 Å². The third-order valence-corrected chi connectivity index (χ3v) is 5.00. The molecule has 1 saturated carbocycles. The van der Waals surface area contributed by atoms with Crippen molar-refractivity contribution in [3.63, 3.8) is 0 Å². The van der Waals surface area contributed by atoms with Crippen LogP contribution in [-0.4, -0.2) is 56.1 Å². The minimum atomic E-state index is 0.411. The van der Waals surface area contributed by atoms with E-state index in [4.69, 9.17) is 5.73 Å². The Morgan fingerprint density at radius 1 is 1.05 bits per heavy atom. The zero-order valence-electron chi connectivity index (χ0n) is 15.3. The van der Waals surface area contributed by atoms with Crippen molar-refractivity contribution < 1.29 is 0 Å². The molecule has 3 nitrogen and oxygen atoms in total. The second-order valence-electron chi connectivity index (χ2n) is 8.20. The molecule has 0 aromatic rings. The minimum absolute atomic E-state index is 0.411. The SMILES string of the molecule is CC(C)CN(CCN(C)C)CC1CC(C(C)C)CCC1N. The zero-order valence-corrected chi connectivity index (χ0v) is 15.3. The van der Waals surface area contributed by atoms with Crippen LogP contribution in [0.15, 0.2) is 0 Å². The van der Waals surface area contributed by atoms with Crippen LogP contribution in [0, 0.1) is 23.7 Å². The van der Waals surface area contributed by atoms with Gasteiger partial charge in [0.1, 0.15) is 0 Å². The molecule has 0 bridgehead atoms. The summed E-state index contributed by atoms with van der Waals surface area (Å²) in [4.78, 5) is 4.93. The molecule has 0 radical (unpaired) electrons. The lowest BCUT2D eigenvalue weighted by atomic mass is 9.73. The van der Waals surface area contributed by atoms with E-state index >= 15 is 0 Å². The molecule has 0 aromatic carbocycles. The zero-order chi connectivity index (χ0) is 16.0. The van der Waals surface area contributed by atoms with Crippen LogP contribution in [0.3, 0.4) is 0 Å². The lowest BCUT2D eigenvalue weighted by Crippen LogP contribution is -2.46. The molecule has 0 amide bonds. The van der Waals surface area contributed by atoms with Gasteiger partial charge in [-0.2, -0.15) is 0 Å². The predicted molar refractivity (Wildman–Crippen MR) is 93.5 cm³/mol. The molecule has 0 aliphatic heterocycles. The Morgan fingerprint density at radius 2 is 1.71 bits per heavy atom. The highest BCUT2D eigenvalue weighted by molar-refractivity contribution is 4.86. The molecular weight excluding hydrogens is 258 g/mol. The van der Waals surface area contributed by atoms with E-state index in [1.807, 2.05) is 0 Å². The summed E-state index contributed by atoms with van der Waals surface area (Å²) in [7, 11) is 4.32. The maximum atomic E-state index is 6.44. The number of hydrogen-bond acceptors (Lipinski definition) is 3. The third-order valence-electron chi connectivity index (χ3n) is 5.00. The molecule has 1 aliphatic rings. The molecule has 1 fully saturated rings. The fraction of sp³-hybridized carbons (Fsp3) is 1.00. The van der Waals surface area contributed by atoms with E-state index in [2.05, 4.69) is 51.6 Å². The van der Waals surface area contributed by atoms with Crippen molar-refractivity contribution in [2.75, 3.05) is 40.3 Å². The van der Waals surface area contributed by atoms with Gasteiger partial charge in [0.2, 0.25) is 0 Å². The molecule has 0 spiro atoms. The maximum Gasteiger partial charge on any atom is 0.0109 e. The Hall–Kier alpha value is -0.120. The van der Waals surface area contributed by atoms with Crippen molar-refractivity contribution >= 4 is 0 Å². The van der Waals surface area contributed by atoms with E-state index in [0.717, 1.165) is 24.3 Å². The Labute approximate surface area is 133 Å². The molecule has 3 unspecified atom stereocenters. The van der Waals surface area contributed by atoms with Crippen LogP contribution in [0.1, 0.15) is 47.0 Å². The second kappa shape index (κ2) is 9.12. The van der Waals surface area contributed by atoms with Gasteiger partial charge in [-0.1, -0.05) is 27.7 Å². The van der Waals surface area contributed by atoms with Gasteiger partial charge in [-0.15, -0.1) is 0 Å². The molecule has 3 heteroatoms. The Balaban J connectivity index is 2.57. The molecule has 3 atom stereocenters. The van der Waals surface area contributed by atoms with E-state index in [0.29, 0.717) is 12.0 Å². The van der Waals surface area contributed by atoms with E-state index in [9.17, 15) is 0 Å². The van der Waals surface area contributed by atoms with Gasteiger partial charge >= 0.3 is 0 Å². The van der Waals surface area contributed by atoms with Crippen LogP contribution in [0.2, 0.25) is 0 Å². The fourth-order valence-electron chi connectivity index (χ4n) is 3.59. The first-order valence-corrected chi connectivity index (χ1v) is 8.92. The molecule has 2 N–H and O–H groups in total. The van der Waals surface area contributed by atoms with Gasteiger partial charge in [-0.05, 0) is 57.0 Å². The van der Waals surface area contributed by atoms with E-state index < -0.39 is 0 Å². The van der Waals surface area contributed by atoms with E-state index in [-0.39, 0.29) is 0 Å². The molecule has 0 saturated heterocycles. The smallest absolute Gasteiger partial charge is 0.0109 e. The van der Waals surface area contributed by atoms with Crippen LogP contribution in [0.5, 0.6) is 0 Å². The first-order chi connectivity index (χ1) is 9.79. The Kier molecular flexibility index (Phi) is 8.22. The number of nitrogens with zero attached hydrogens (tertiary/aromatic N) is 2. The molecule has 1 rings (SSSR count). The summed E-state index contributed by atoms with van der Waals surface area (Å²) in [6.45, 7) is 14.1. The number of hydrogen-bond donors (Lipinski definition) is 1. The normalized spacial score (nSPS) is 27.3. The summed E-state index contributed by atoms with van der Waals surface area (Å²) in [6.07, 6.45) is 3.88. The van der Waals surface area contributed by atoms with E-state index in [1.54, 1.807) is 0 Å². The highest BCUT2D eigenvalue weighted by Crippen LogP contribution is 2.33. The van der Waals surface area contributed by atoms with Crippen molar-refractivity contribution in [3.05, 3.63) is 0 Å². The van der Waals surface area contributed by atoms with Crippen molar-refractivity contribution in [2.45, 2.75) is 53.0 Å². The Morgan fingerprint density at radius 3 is 2.24 bits per heavy atom. The van der Waals surface area contributed by atoms with Crippen LogP contribution < -0.4 is 5.73 Å². The molecule has 1 aliphatic carbocycles. The number of likely N-dealkylation sites (N-methyl/N-ethyl adjacent to an activating group) is 1. The minimum Gasteiger partial charge on any atom is -0.327 e. The van der Waals surface area contributed by atoms with E-state index in [1.165, 1.54) is 38.9 Å². The molecule has 0 heterocycles. The van der Waals surface area contributed by atoms with Crippen molar-refractivity contribution in [1.82, 2.24) is 9.80 Å². The lowest BCUT2D eigenvalue weighted by Gasteiger charge is -2.39. The fourth-order valence-corrected chi connectivity index (χ4v) is 3.59. The predicted octanol–water partition coefficient (Wildman–Crippen LogP) is 2.91. The summed E-state index contributed by atoms with van der Waals surface area (Å²) in [5.41, 5.74) is 6.44. The molecule has 21 heavy (non-hydrogen) atoms. The Bertz CT molecular complexity index is 276. The van der Waals surface area contributed by atoms with Gasteiger partial charge in [-0.25, -0.2) is 0 Å². The van der Waals surface area contributed by atoms with Crippen LogP contribution in [0.25, 0.3) is 0 Å². The molecule has 0 aromatic heterocycles. The highest BCUT2D eigenvalue weighted by Gasteiger charge is 2.30. The van der Waals surface area contributed by atoms with Crippen LogP contribution >= 0.6 is 0 Å². The maximum absolute atomic E-state index is 6.44. The lowest BCUT2D eigenvalue weighted by molar-refractivity contribution is 0.123. The monoisotopic (exact) mass is 297 g/mol. The molecule has 126 valence electrons. The van der Waals surface area contributed by atoms with Crippen molar-refractivity contribution in [2.24, 2.45) is 29.4 Å². The standard InChI is InChI=1S/C18H39N3/c1-14(2)12-21(10-9-20(5)6)13-17-11-16(15(3)4)7-8-18(17)19/h14-18H,7-13,19H2,1-6H3. The summed E-state index contributed by atoms with van der Waals surface area (Å²) < 4.78 is 0. The topological polar surface area (TPSA) is 32.5 Å². The van der Waals surface area contributed by atoms with Gasteiger partial charge in [0, 0.05) is 32.2 Å². The van der Waals surface area contributed by atoms with Gasteiger partial charge in [0.15, 0.2) is 0 Å². The third kappa shape index (κ3) is 7.12. The average molecular weight is 298 g/mol. The van der Waals surface area contributed by atoms with Gasteiger partial charge in [0.05, 0.1) is 0 Å². The average Bonchev–Trinajstić information content (AvgIpc) is 2.37. The highest BCUT2D eigenvalue weighted by atomic mass is 15.2. The first kappa shape index (κ1) is 18.9. The van der Waals surface area contributed by atoms with Crippen LogP contribution in [0.4, 0.5) is 0 Å². The van der Waals surface area contributed by atoms with Crippen LogP contribution in [-0.2, 0) is 0 Å². The van der Waals surface area contributed by atoms with Gasteiger partial charge < -0.3 is 15.5 Å². The van der Waals surface area contributed by atoms with Gasteiger partial charge in [0.25, 0.3) is 0 Å². The number of rotatable bonds is 8. The largest absolute Gasteiger partial charge is 0.327 e.